The number of anilines is 1. The van der Waals surface area contributed by atoms with E-state index in [1.54, 1.807) is 12.1 Å². The predicted molar refractivity (Wildman–Crippen MR) is 71.6 cm³/mol. The molecular formula is C14H23NO2. The molecule has 0 aromatic heterocycles. The minimum absolute atomic E-state index is 0.0570. The van der Waals surface area contributed by atoms with Crippen molar-refractivity contribution < 1.29 is 10.2 Å². The van der Waals surface area contributed by atoms with Crippen molar-refractivity contribution in [3.05, 3.63) is 18.2 Å². The van der Waals surface area contributed by atoms with Crippen molar-refractivity contribution in [3.8, 4) is 11.5 Å². The first kappa shape index (κ1) is 13.7. The van der Waals surface area contributed by atoms with Crippen molar-refractivity contribution in [2.24, 2.45) is 0 Å². The zero-order valence-corrected chi connectivity index (χ0v) is 10.6. The Labute approximate surface area is 103 Å². The summed E-state index contributed by atoms with van der Waals surface area (Å²) in [7, 11) is 0. The Balaban J connectivity index is 2.16. The van der Waals surface area contributed by atoms with Crippen LogP contribution >= 0.6 is 0 Å². The van der Waals surface area contributed by atoms with Crippen LogP contribution in [0, 0.1) is 0 Å². The van der Waals surface area contributed by atoms with Crippen molar-refractivity contribution in [1.29, 1.82) is 0 Å². The summed E-state index contributed by atoms with van der Waals surface area (Å²) in [4.78, 5) is 0. The Morgan fingerprint density at radius 2 is 1.71 bits per heavy atom. The Hall–Kier alpha value is -1.38. The first-order valence-electron chi connectivity index (χ1n) is 6.50. The molecule has 0 bridgehead atoms. The molecule has 0 fully saturated rings. The molecule has 1 aromatic carbocycles. The third kappa shape index (κ3) is 4.98. The first-order valence-corrected chi connectivity index (χ1v) is 6.50. The number of para-hydroxylation sites is 1. The zero-order chi connectivity index (χ0) is 12.5. The fourth-order valence-electron chi connectivity index (χ4n) is 1.80. The number of aromatic hydroxyl groups is 2. The van der Waals surface area contributed by atoms with Crippen LogP contribution in [0.4, 0.5) is 5.69 Å². The van der Waals surface area contributed by atoms with Crippen LogP contribution in [0.1, 0.15) is 45.4 Å². The highest BCUT2D eigenvalue weighted by Gasteiger charge is 2.03. The van der Waals surface area contributed by atoms with Crippen LogP contribution in [0.15, 0.2) is 18.2 Å². The van der Waals surface area contributed by atoms with Gasteiger partial charge in [-0.15, -0.1) is 0 Å². The molecule has 17 heavy (non-hydrogen) atoms. The molecular weight excluding hydrogens is 214 g/mol. The number of rotatable bonds is 8. The lowest BCUT2D eigenvalue weighted by Gasteiger charge is -2.09. The van der Waals surface area contributed by atoms with Gasteiger partial charge in [-0.3, -0.25) is 0 Å². The van der Waals surface area contributed by atoms with E-state index in [-0.39, 0.29) is 11.5 Å². The Kier molecular flexibility index (Phi) is 6.30. The Bertz CT molecular complexity index is 326. The van der Waals surface area contributed by atoms with E-state index >= 15 is 0 Å². The Morgan fingerprint density at radius 1 is 1.00 bits per heavy atom. The van der Waals surface area contributed by atoms with Crippen LogP contribution in [0.2, 0.25) is 0 Å². The molecule has 0 aliphatic heterocycles. The van der Waals surface area contributed by atoms with Crippen molar-refractivity contribution in [3.63, 3.8) is 0 Å². The van der Waals surface area contributed by atoms with Gasteiger partial charge >= 0.3 is 0 Å². The molecule has 3 nitrogen and oxygen atoms in total. The minimum Gasteiger partial charge on any atom is -0.504 e. The van der Waals surface area contributed by atoms with Gasteiger partial charge in [0, 0.05) is 6.54 Å². The van der Waals surface area contributed by atoms with Crippen LogP contribution in [-0.4, -0.2) is 16.8 Å². The minimum atomic E-state index is -0.0713. The number of nitrogens with one attached hydrogen (secondary N) is 1. The average Bonchev–Trinajstić information content (AvgIpc) is 2.33. The van der Waals surface area contributed by atoms with Gasteiger partial charge in [0.25, 0.3) is 0 Å². The number of hydrogen-bond donors (Lipinski definition) is 3. The van der Waals surface area contributed by atoms with E-state index < -0.39 is 0 Å². The summed E-state index contributed by atoms with van der Waals surface area (Å²) >= 11 is 0. The molecule has 0 heterocycles. The number of hydrogen-bond acceptors (Lipinski definition) is 3. The van der Waals surface area contributed by atoms with Crippen LogP contribution in [0.5, 0.6) is 11.5 Å². The van der Waals surface area contributed by atoms with E-state index in [0.29, 0.717) is 5.69 Å². The maximum Gasteiger partial charge on any atom is 0.181 e. The molecule has 0 atom stereocenters. The molecule has 0 saturated carbocycles. The normalized spacial score (nSPS) is 10.4. The summed E-state index contributed by atoms with van der Waals surface area (Å²) in [6.45, 7) is 3.05. The molecule has 0 aliphatic rings. The molecule has 3 heteroatoms. The number of phenols is 2. The maximum absolute atomic E-state index is 9.56. The fourth-order valence-corrected chi connectivity index (χ4v) is 1.80. The van der Waals surface area contributed by atoms with Crippen molar-refractivity contribution in [1.82, 2.24) is 0 Å². The van der Waals surface area contributed by atoms with Gasteiger partial charge < -0.3 is 15.5 Å². The largest absolute Gasteiger partial charge is 0.504 e. The highest BCUT2D eigenvalue weighted by Crippen LogP contribution is 2.32. The maximum atomic E-state index is 9.56. The second-order valence-corrected chi connectivity index (χ2v) is 4.37. The van der Waals surface area contributed by atoms with E-state index in [0.717, 1.165) is 13.0 Å². The first-order chi connectivity index (χ1) is 8.25. The Morgan fingerprint density at radius 3 is 2.47 bits per heavy atom. The quantitative estimate of drug-likeness (QED) is 0.475. The summed E-state index contributed by atoms with van der Waals surface area (Å²) in [6, 6.07) is 4.97. The number of unbranched alkanes of at least 4 members (excludes halogenated alkanes) is 5. The predicted octanol–water partition coefficient (Wildman–Crippen LogP) is 3.87. The summed E-state index contributed by atoms with van der Waals surface area (Å²) in [5.41, 5.74) is 0.610. The molecule has 1 aromatic rings. The van der Waals surface area contributed by atoms with Gasteiger partial charge in [0.15, 0.2) is 11.5 Å². The SMILES string of the molecule is CCCCCCCCNc1cccc(O)c1O. The highest BCUT2D eigenvalue weighted by molar-refractivity contribution is 5.61. The van der Waals surface area contributed by atoms with Crippen LogP contribution in [-0.2, 0) is 0 Å². The molecule has 96 valence electrons. The lowest BCUT2D eigenvalue weighted by molar-refractivity contribution is 0.405. The molecule has 3 N–H and O–H groups in total. The van der Waals surface area contributed by atoms with Crippen molar-refractivity contribution in [2.45, 2.75) is 45.4 Å². The topological polar surface area (TPSA) is 52.5 Å². The molecule has 0 saturated heterocycles. The van der Waals surface area contributed by atoms with Crippen LogP contribution in [0.25, 0.3) is 0 Å². The van der Waals surface area contributed by atoms with Crippen molar-refractivity contribution >= 4 is 5.69 Å². The van der Waals surface area contributed by atoms with Gasteiger partial charge in [0.05, 0.1) is 5.69 Å². The van der Waals surface area contributed by atoms with E-state index in [1.165, 1.54) is 38.2 Å². The smallest absolute Gasteiger partial charge is 0.181 e. The van der Waals surface area contributed by atoms with E-state index in [9.17, 15) is 10.2 Å². The van der Waals surface area contributed by atoms with Gasteiger partial charge in [-0.2, -0.15) is 0 Å². The van der Waals surface area contributed by atoms with Crippen LogP contribution in [0.3, 0.4) is 0 Å². The molecule has 0 radical (unpaired) electrons. The molecule has 0 spiro atoms. The third-order valence-corrected chi connectivity index (χ3v) is 2.86. The lowest BCUT2D eigenvalue weighted by atomic mass is 10.1. The van der Waals surface area contributed by atoms with Gasteiger partial charge in [-0.05, 0) is 18.6 Å². The molecule has 1 rings (SSSR count). The fraction of sp³-hybridized carbons (Fsp3) is 0.571. The van der Waals surface area contributed by atoms with Gasteiger partial charge in [-0.25, -0.2) is 0 Å². The summed E-state index contributed by atoms with van der Waals surface area (Å²) in [5, 5.41) is 22.0. The zero-order valence-electron chi connectivity index (χ0n) is 10.6. The van der Waals surface area contributed by atoms with E-state index in [4.69, 9.17) is 0 Å². The number of phenolic OH excluding ortho intramolecular Hbond substituents is 2. The third-order valence-electron chi connectivity index (χ3n) is 2.86. The van der Waals surface area contributed by atoms with Gasteiger partial charge in [-0.1, -0.05) is 45.1 Å². The van der Waals surface area contributed by atoms with Gasteiger partial charge in [0.2, 0.25) is 0 Å². The summed E-state index contributed by atoms with van der Waals surface area (Å²) < 4.78 is 0. The molecule has 0 amide bonds. The number of benzene rings is 1. The van der Waals surface area contributed by atoms with Crippen LogP contribution < -0.4 is 5.32 Å². The molecule has 0 unspecified atom stereocenters. The average molecular weight is 237 g/mol. The lowest BCUT2D eigenvalue weighted by Crippen LogP contribution is -2.01. The second-order valence-electron chi connectivity index (χ2n) is 4.37. The second kappa shape index (κ2) is 7.82. The summed E-state index contributed by atoms with van der Waals surface area (Å²) in [6.07, 6.45) is 7.50. The van der Waals surface area contributed by atoms with Crippen molar-refractivity contribution in [2.75, 3.05) is 11.9 Å². The van der Waals surface area contributed by atoms with Gasteiger partial charge in [0.1, 0.15) is 0 Å². The van der Waals surface area contributed by atoms with E-state index in [1.807, 2.05) is 0 Å². The van der Waals surface area contributed by atoms with E-state index in [2.05, 4.69) is 12.2 Å². The molecule has 0 aliphatic carbocycles. The highest BCUT2D eigenvalue weighted by atomic mass is 16.3. The standard InChI is InChI=1S/C14H23NO2/c1-2-3-4-5-6-7-11-15-12-9-8-10-13(16)14(12)17/h8-10,15-17H,2-7,11H2,1H3. The monoisotopic (exact) mass is 237 g/mol. The summed E-state index contributed by atoms with van der Waals surface area (Å²) in [5.74, 6) is -0.128.